The standard InChI is InChI=1S/C63H47N3/c1-42-25-31-49(32-26-42)64(50-33-27-43(2)28-34-50)51-35-36-52(44(3)39-51)56-22-14-21-53(45-29-37-61-57(40-45)54-19-10-12-23-59(54)65(61)47-15-6-4-7-16-47)63(56)46-30-38-62-58(41-46)55-20-11-13-24-60(55)66(62)48-17-8-5-9-18-48/h4-41H,1-3H3. The van der Waals surface area contributed by atoms with Crippen LogP contribution in [0.2, 0.25) is 0 Å². The van der Waals surface area contributed by atoms with Crippen LogP contribution in [0.3, 0.4) is 0 Å². The van der Waals surface area contributed by atoms with Crippen LogP contribution < -0.4 is 4.90 Å². The van der Waals surface area contributed by atoms with E-state index in [0.29, 0.717) is 0 Å². The van der Waals surface area contributed by atoms with Gasteiger partial charge in [-0.25, -0.2) is 0 Å². The van der Waals surface area contributed by atoms with Crippen LogP contribution in [0.1, 0.15) is 16.7 Å². The smallest absolute Gasteiger partial charge is 0.0541 e. The van der Waals surface area contributed by atoms with Crippen LogP contribution in [-0.4, -0.2) is 9.13 Å². The topological polar surface area (TPSA) is 13.1 Å². The Morgan fingerprint density at radius 2 is 0.758 bits per heavy atom. The highest BCUT2D eigenvalue weighted by molar-refractivity contribution is 6.13. The van der Waals surface area contributed by atoms with Crippen molar-refractivity contribution in [2.24, 2.45) is 0 Å². The lowest BCUT2D eigenvalue weighted by molar-refractivity contribution is 1.18. The van der Waals surface area contributed by atoms with Crippen LogP contribution in [-0.2, 0) is 0 Å². The van der Waals surface area contributed by atoms with E-state index in [2.05, 4.69) is 265 Å². The Bertz CT molecular complexity index is 3720. The molecule has 10 aromatic carbocycles. The Morgan fingerprint density at radius 3 is 1.30 bits per heavy atom. The van der Waals surface area contributed by atoms with E-state index in [4.69, 9.17) is 0 Å². The highest BCUT2D eigenvalue weighted by Crippen LogP contribution is 2.46. The number of benzene rings is 10. The molecule has 0 unspecified atom stereocenters. The van der Waals surface area contributed by atoms with Crippen LogP contribution in [0.25, 0.3) is 88.4 Å². The SMILES string of the molecule is Cc1ccc(N(c2ccc(C)cc2)c2ccc(-c3cccc(-c4ccc5c(c4)c4ccccc4n5-c4ccccc4)c3-c3ccc4c(c3)c3ccccc3n4-c3ccccc3)c(C)c2)cc1. The Labute approximate surface area is 385 Å². The van der Waals surface area contributed by atoms with E-state index in [0.717, 1.165) is 28.4 Å². The van der Waals surface area contributed by atoms with Crippen molar-refractivity contribution >= 4 is 60.7 Å². The van der Waals surface area contributed by atoms with Gasteiger partial charge in [0.15, 0.2) is 0 Å². The van der Waals surface area contributed by atoms with Crippen molar-refractivity contribution in [2.45, 2.75) is 20.8 Å². The average Bonchev–Trinajstić information content (AvgIpc) is 3.88. The molecule has 0 bridgehead atoms. The van der Waals surface area contributed by atoms with Crippen molar-refractivity contribution < 1.29 is 0 Å². The van der Waals surface area contributed by atoms with E-state index < -0.39 is 0 Å². The molecule has 0 saturated carbocycles. The zero-order valence-electron chi connectivity index (χ0n) is 37.3. The number of rotatable bonds is 8. The molecular weight excluding hydrogens is 799 g/mol. The molecule has 0 radical (unpaired) electrons. The molecule has 0 N–H and O–H groups in total. The van der Waals surface area contributed by atoms with E-state index in [9.17, 15) is 0 Å². The molecule has 0 fully saturated rings. The monoisotopic (exact) mass is 845 g/mol. The van der Waals surface area contributed by atoms with Crippen LogP contribution in [0.5, 0.6) is 0 Å². The lowest BCUT2D eigenvalue weighted by atomic mass is 9.85. The number of aromatic nitrogens is 2. The molecule has 0 amide bonds. The van der Waals surface area contributed by atoms with E-state index in [-0.39, 0.29) is 0 Å². The first kappa shape index (κ1) is 39.2. The summed E-state index contributed by atoms with van der Waals surface area (Å²) >= 11 is 0. The van der Waals surface area contributed by atoms with Crippen molar-refractivity contribution in [2.75, 3.05) is 4.90 Å². The normalized spacial score (nSPS) is 11.6. The number of nitrogens with zero attached hydrogens (tertiary/aromatic N) is 3. The predicted molar refractivity (Wildman–Crippen MR) is 280 cm³/mol. The fraction of sp³-hybridized carbons (Fsp3) is 0.0476. The third kappa shape index (κ3) is 6.59. The quantitative estimate of drug-likeness (QED) is 0.148. The molecule has 314 valence electrons. The molecular formula is C63H47N3. The molecule has 0 saturated heterocycles. The minimum absolute atomic E-state index is 1.12. The summed E-state index contributed by atoms with van der Waals surface area (Å²) in [5, 5.41) is 4.94. The molecule has 66 heavy (non-hydrogen) atoms. The maximum atomic E-state index is 2.43. The lowest BCUT2D eigenvalue weighted by Crippen LogP contribution is -2.10. The fourth-order valence-corrected chi connectivity index (χ4v) is 10.2. The highest BCUT2D eigenvalue weighted by atomic mass is 15.1. The zero-order valence-corrected chi connectivity index (χ0v) is 37.3. The minimum atomic E-state index is 1.12. The number of aryl methyl sites for hydroxylation is 3. The molecule has 0 aliphatic heterocycles. The van der Waals surface area contributed by atoms with Gasteiger partial charge >= 0.3 is 0 Å². The van der Waals surface area contributed by atoms with Crippen LogP contribution in [0, 0.1) is 20.8 Å². The maximum absolute atomic E-state index is 2.43. The van der Waals surface area contributed by atoms with E-state index in [1.165, 1.54) is 93.7 Å². The summed E-state index contributed by atoms with van der Waals surface area (Å²) in [7, 11) is 0. The molecule has 0 aliphatic rings. The van der Waals surface area contributed by atoms with Gasteiger partial charge in [0.1, 0.15) is 0 Å². The van der Waals surface area contributed by atoms with Crippen LogP contribution in [0.4, 0.5) is 17.1 Å². The molecule has 12 rings (SSSR count). The Balaban J connectivity index is 1.09. The Hall–Kier alpha value is -8.40. The van der Waals surface area contributed by atoms with Gasteiger partial charge in [-0.05, 0) is 157 Å². The first-order chi connectivity index (χ1) is 32.5. The zero-order chi connectivity index (χ0) is 44.3. The molecule has 0 aliphatic carbocycles. The fourth-order valence-electron chi connectivity index (χ4n) is 10.2. The minimum Gasteiger partial charge on any atom is -0.310 e. The lowest BCUT2D eigenvalue weighted by Gasteiger charge is -2.27. The molecule has 3 heteroatoms. The van der Waals surface area contributed by atoms with Gasteiger partial charge in [-0.1, -0.05) is 145 Å². The van der Waals surface area contributed by atoms with Gasteiger partial charge in [-0.3, -0.25) is 0 Å². The van der Waals surface area contributed by atoms with Crippen LogP contribution in [0.15, 0.2) is 231 Å². The summed E-state index contributed by atoms with van der Waals surface area (Å²) < 4.78 is 4.79. The number of hydrogen-bond acceptors (Lipinski definition) is 1. The highest BCUT2D eigenvalue weighted by Gasteiger charge is 2.22. The number of para-hydroxylation sites is 4. The van der Waals surface area contributed by atoms with Gasteiger partial charge in [0, 0.05) is 50.0 Å². The van der Waals surface area contributed by atoms with E-state index >= 15 is 0 Å². The van der Waals surface area contributed by atoms with Gasteiger partial charge in [-0.15, -0.1) is 0 Å². The molecule has 12 aromatic rings. The Morgan fingerprint density at radius 1 is 0.303 bits per heavy atom. The third-order valence-electron chi connectivity index (χ3n) is 13.4. The molecule has 0 atom stereocenters. The van der Waals surface area contributed by atoms with Crippen molar-refractivity contribution in [3.63, 3.8) is 0 Å². The first-order valence-electron chi connectivity index (χ1n) is 22.8. The van der Waals surface area contributed by atoms with E-state index in [1.807, 2.05) is 0 Å². The largest absolute Gasteiger partial charge is 0.310 e. The summed E-state index contributed by atoms with van der Waals surface area (Å²) in [4.78, 5) is 2.37. The second kappa shape index (κ2) is 16.0. The third-order valence-corrected chi connectivity index (χ3v) is 13.4. The van der Waals surface area contributed by atoms with Gasteiger partial charge in [0.2, 0.25) is 0 Å². The summed E-state index contributed by atoms with van der Waals surface area (Å²) in [5.41, 5.74) is 21.3. The van der Waals surface area contributed by atoms with Gasteiger partial charge < -0.3 is 14.0 Å². The number of anilines is 3. The molecule has 2 heterocycles. The predicted octanol–water partition coefficient (Wildman–Crippen LogP) is 17.3. The second-order valence-electron chi connectivity index (χ2n) is 17.6. The number of fused-ring (bicyclic) bond motifs is 6. The average molecular weight is 846 g/mol. The van der Waals surface area contributed by atoms with Gasteiger partial charge in [-0.2, -0.15) is 0 Å². The summed E-state index contributed by atoms with van der Waals surface area (Å²) in [5.74, 6) is 0. The summed E-state index contributed by atoms with van der Waals surface area (Å²) in [6, 6.07) is 84.7. The van der Waals surface area contributed by atoms with Crippen molar-refractivity contribution in [1.29, 1.82) is 0 Å². The number of hydrogen-bond donors (Lipinski definition) is 0. The van der Waals surface area contributed by atoms with Crippen molar-refractivity contribution in [1.82, 2.24) is 9.13 Å². The van der Waals surface area contributed by atoms with Crippen molar-refractivity contribution in [3.8, 4) is 44.8 Å². The second-order valence-corrected chi connectivity index (χ2v) is 17.6. The van der Waals surface area contributed by atoms with Crippen LogP contribution >= 0.6 is 0 Å². The molecule has 0 spiro atoms. The molecule has 3 nitrogen and oxygen atoms in total. The molecule has 2 aromatic heterocycles. The maximum Gasteiger partial charge on any atom is 0.0541 e. The van der Waals surface area contributed by atoms with E-state index in [1.54, 1.807) is 0 Å². The van der Waals surface area contributed by atoms with Crippen molar-refractivity contribution in [3.05, 3.63) is 247 Å². The Kier molecular flexibility index (Phi) is 9.50. The first-order valence-corrected chi connectivity index (χ1v) is 22.8. The van der Waals surface area contributed by atoms with Gasteiger partial charge in [0.05, 0.1) is 22.1 Å². The summed E-state index contributed by atoms with van der Waals surface area (Å²) in [6.45, 7) is 6.55. The van der Waals surface area contributed by atoms with Gasteiger partial charge in [0.25, 0.3) is 0 Å². The summed E-state index contributed by atoms with van der Waals surface area (Å²) in [6.07, 6.45) is 0.